The number of primary amides is 1. The van der Waals surface area contributed by atoms with E-state index in [2.05, 4.69) is 15.5 Å². The van der Waals surface area contributed by atoms with Gasteiger partial charge in [-0.05, 0) is 51.5 Å². The number of aromatic nitrogens is 3. The highest BCUT2D eigenvalue weighted by molar-refractivity contribution is 7.99. The van der Waals surface area contributed by atoms with E-state index in [4.69, 9.17) is 38.4 Å². The number of amides is 2. The van der Waals surface area contributed by atoms with Crippen molar-refractivity contribution in [2.24, 2.45) is 5.73 Å². The minimum absolute atomic E-state index is 0.0263. The zero-order chi connectivity index (χ0) is 27.3. The highest BCUT2D eigenvalue weighted by Crippen LogP contribution is 2.34. The van der Waals surface area contributed by atoms with E-state index in [1.165, 1.54) is 11.8 Å². The molecule has 2 heterocycles. The molecule has 0 saturated carbocycles. The molecule has 198 valence electrons. The molecule has 14 heteroatoms. The van der Waals surface area contributed by atoms with E-state index in [0.29, 0.717) is 38.9 Å². The Hall–Kier alpha value is -2.80. The summed E-state index contributed by atoms with van der Waals surface area (Å²) in [5.74, 6) is -0.753. The number of nitrogens with zero attached hydrogens (tertiary/aromatic N) is 3. The predicted octanol–water partition coefficient (Wildman–Crippen LogP) is 5.12. The van der Waals surface area contributed by atoms with E-state index >= 15 is 0 Å². The van der Waals surface area contributed by atoms with Crippen LogP contribution in [0.15, 0.2) is 23.4 Å². The van der Waals surface area contributed by atoms with Crippen LogP contribution in [0.1, 0.15) is 58.3 Å². The van der Waals surface area contributed by atoms with Crippen molar-refractivity contribution in [3.8, 4) is 5.75 Å². The summed E-state index contributed by atoms with van der Waals surface area (Å²) in [6.45, 7) is 7.66. The molecule has 0 spiro atoms. The molecule has 0 fully saturated rings. The Kier molecular flexibility index (Phi) is 9.82. The molecule has 0 saturated heterocycles. The van der Waals surface area contributed by atoms with Crippen LogP contribution < -0.4 is 15.8 Å². The van der Waals surface area contributed by atoms with Gasteiger partial charge in [0, 0.05) is 11.6 Å². The molecule has 37 heavy (non-hydrogen) atoms. The highest BCUT2D eigenvalue weighted by atomic mass is 35.5. The summed E-state index contributed by atoms with van der Waals surface area (Å²) in [6.07, 6.45) is -0.484. The fourth-order valence-corrected chi connectivity index (χ4v) is 5.72. The second-order valence-electron chi connectivity index (χ2n) is 7.60. The number of hydrogen-bond acceptors (Lipinski definition) is 9. The Morgan fingerprint density at radius 2 is 1.97 bits per heavy atom. The average molecular weight is 587 g/mol. The number of hydrogen-bond donors (Lipinski definition) is 2. The van der Waals surface area contributed by atoms with Crippen LogP contribution >= 0.6 is 46.3 Å². The first-order chi connectivity index (χ1) is 17.6. The van der Waals surface area contributed by atoms with Crippen molar-refractivity contribution in [3.63, 3.8) is 0 Å². The van der Waals surface area contributed by atoms with Crippen LogP contribution in [0.25, 0.3) is 0 Å². The van der Waals surface area contributed by atoms with Gasteiger partial charge in [0.1, 0.15) is 10.8 Å². The second-order valence-corrected chi connectivity index (χ2v) is 10.4. The van der Waals surface area contributed by atoms with Gasteiger partial charge in [-0.25, -0.2) is 4.79 Å². The van der Waals surface area contributed by atoms with Crippen LogP contribution in [-0.2, 0) is 16.1 Å². The third kappa shape index (κ3) is 6.75. The number of thiophene rings is 1. The first-order valence-electron chi connectivity index (χ1n) is 11.1. The van der Waals surface area contributed by atoms with E-state index in [0.717, 1.165) is 11.3 Å². The second kappa shape index (κ2) is 12.6. The van der Waals surface area contributed by atoms with Gasteiger partial charge in [0.25, 0.3) is 5.91 Å². The molecule has 0 bridgehead atoms. The Bertz CT molecular complexity index is 1330. The first kappa shape index (κ1) is 28.8. The zero-order valence-corrected chi connectivity index (χ0v) is 23.6. The van der Waals surface area contributed by atoms with Gasteiger partial charge in [-0.1, -0.05) is 35.0 Å². The summed E-state index contributed by atoms with van der Waals surface area (Å²) >= 11 is 14.3. The Morgan fingerprint density at radius 1 is 1.24 bits per heavy atom. The van der Waals surface area contributed by atoms with Crippen molar-refractivity contribution in [1.82, 2.24) is 14.8 Å². The fourth-order valence-electron chi connectivity index (χ4n) is 3.40. The minimum atomic E-state index is -0.692. The molecule has 2 aromatic heterocycles. The van der Waals surface area contributed by atoms with Crippen LogP contribution in [0.4, 0.5) is 5.00 Å². The number of anilines is 1. The summed E-state index contributed by atoms with van der Waals surface area (Å²) < 4.78 is 12.9. The maximum Gasteiger partial charge on any atom is 0.341 e. The number of carbonyl (C=O) groups excluding carboxylic acids is 3. The van der Waals surface area contributed by atoms with Crippen molar-refractivity contribution in [3.05, 3.63) is 50.1 Å². The highest BCUT2D eigenvalue weighted by Gasteiger charge is 2.26. The summed E-state index contributed by atoms with van der Waals surface area (Å²) in [5.41, 5.74) is 5.90. The zero-order valence-electron chi connectivity index (χ0n) is 20.5. The van der Waals surface area contributed by atoms with E-state index < -0.39 is 23.9 Å². The number of nitrogens with one attached hydrogen (secondary N) is 1. The first-order valence-corrected chi connectivity index (χ1v) is 13.7. The fraction of sp³-hybridized carbons (Fsp3) is 0.348. The van der Waals surface area contributed by atoms with Crippen LogP contribution in [0.5, 0.6) is 5.75 Å². The van der Waals surface area contributed by atoms with Crippen LogP contribution in [-0.4, -0.2) is 44.9 Å². The van der Waals surface area contributed by atoms with Crippen molar-refractivity contribution >= 4 is 69.1 Å². The van der Waals surface area contributed by atoms with Gasteiger partial charge in [-0.3, -0.25) is 9.59 Å². The molecule has 0 aliphatic rings. The van der Waals surface area contributed by atoms with E-state index in [9.17, 15) is 14.4 Å². The van der Waals surface area contributed by atoms with Crippen LogP contribution in [0.2, 0.25) is 10.0 Å². The summed E-state index contributed by atoms with van der Waals surface area (Å²) in [5, 5.41) is 12.7. The number of carbonyl (C=O) groups is 3. The molecule has 3 rings (SSSR count). The lowest BCUT2D eigenvalue weighted by Crippen LogP contribution is -2.17. The molecule has 1 aromatic carbocycles. The Labute approximate surface area is 231 Å². The van der Waals surface area contributed by atoms with Crippen molar-refractivity contribution < 1.29 is 23.9 Å². The number of benzene rings is 1. The molecule has 2 amide bonds. The Balaban J connectivity index is 1.72. The maximum absolute atomic E-state index is 12.8. The van der Waals surface area contributed by atoms with E-state index in [-0.39, 0.29) is 27.8 Å². The van der Waals surface area contributed by atoms with Gasteiger partial charge >= 0.3 is 5.97 Å². The average Bonchev–Trinajstić information content (AvgIpc) is 3.40. The number of nitrogens with two attached hydrogens (primary N) is 1. The topological polar surface area (TPSA) is 138 Å². The van der Waals surface area contributed by atoms with Crippen molar-refractivity contribution in [2.45, 2.75) is 45.5 Å². The SMILES string of the molecule is CCOC(=O)c1c(NC(=O)CSc2nnc(C(C)Oc3ccc(Cl)cc3Cl)n2CC)sc(C(N)=O)c1C. The van der Waals surface area contributed by atoms with E-state index in [1.54, 1.807) is 32.0 Å². The van der Waals surface area contributed by atoms with Crippen molar-refractivity contribution in [1.29, 1.82) is 0 Å². The molecule has 0 aliphatic carbocycles. The van der Waals surface area contributed by atoms with Crippen LogP contribution in [0, 0.1) is 6.92 Å². The third-order valence-corrected chi connectivity index (χ3v) is 7.78. The summed E-state index contributed by atoms with van der Waals surface area (Å²) in [7, 11) is 0. The lowest BCUT2D eigenvalue weighted by Gasteiger charge is -2.16. The third-order valence-electron chi connectivity index (χ3n) is 5.06. The molecule has 0 radical (unpaired) electrons. The molecular weight excluding hydrogens is 561 g/mol. The molecule has 1 atom stereocenters. The largest absolute Gasteiger partial charge is 0.481 e. The molecule has 0 aliphatic heterocycles. The lowest BCUT2D eigenvalue weighted by atomic mass is 10.1. The summed E-state index contributed by atoms with van der Waals surface area (Å²) in [4.78, 5) is 37.1. The smallest absolute Gasteiger partial charge is 0.341 e. The molecule has 10 nitrogen and oxygen atoms in total. The number of thioether (sulfide) groups is 1. The van der Waals surface area contributed by atoms with E-state index in [1.807, 2.05) is 18.4 Å². The summed E-state index contributed by atoms with van der Waals surface area (Å²) in [6, 6.07) is 4.94. The molecule has 1 unspecified atom stereocenters. The van der Waals surface area contributed by atoms with Gasteiger partial charge in [0.05, 0.1) is 27.8 Å². The molecule has 3 N–H and O–H groups in total. The number of ether oxygens (including phenoxy) is 2. The van der Waals surface area contributed by atoms with Gasteiger partial charge in [0.2, 0.25) is 5.91 Å². The predicted molar refractivity (Wildman–Crippen MR) is 144 cm³/mol. The number of halogens is 2. The normalized spacial score (nSPS) is 11.7. The number of esters is 1. The Morgan fingerprint density at radius 3 is 2.59 bits per heavy atom. The minimum Gasteiger partial charge on any atom is -0.481 e. The van der Waals surface area contributed by atoms with Crippen molar-refractivity contribution in [2.75, 3.05) is 17.7 Å². The van der Waals surface area contributed by atoms with Gasteiger partial charge in [0.15, 0.2) is 17.1 Å². The molecular formula is C23H25Cl2N5O5S2. The quantitative estimate of drug-likeness (QED) is 0.233. The standard InChI is InChI=1S/C23H25Cl2N5O5S2/c1-5-30-20(12(4)35-15-8-7-13(24)9-14(15)25)28-29-23(30)36-10-16(31)27-21-17(22(33)34-6-2)11(3)18(37-21)19(26)32/h7-9,12H,5-6,10H2,1-4H3,(H2,26,32)(H,27,31). The van der Waals surface area contributed by atoms with Gasteiger partial charge in [-0.2, -0.15) is 0 Å². The maximum atomic E-state index is 12.8. The molecule has 3 aromatic rings. The lowest BCUT2D eigenvalue weighted by molar-refractivity contribution is -0.113. The van der Waals surface area contributed by atoms with Crippen LogP contribution in [0.3, 0.4) is 0 Å². The van der Waals surface area contributed by atoms with Gasteiger partial charge < -0.3 is 25.1 Å². The number of rotatable bonds is 11. The van der Waals surface area contributed by atoms with Gasteiger partial charge in [-0.15, -0.1) is 21.5 Å². The monoisotopic (exact) mass is 585 g/mol.